The number of hydrogen-bond donors (Lipinski definition) is 2. The predicted molar refractivity (Wildman–Crippen MR) is 64.0 cm³/mol. The Morgan fingerprint density at radius 1 is 1.33 bits per heavy atom. The van der Waals surface area contributed by atoms with Crippen LogP contribution in [0.3, 0.4) is 0 Å². The molecule has 0 saturated heterocycles. The van der Waals surface area contributed by atoms with Gasteiger partial charge < -0.3 is 15.7 Å². The van der Waals surface area contributed by atoms with E-state index in [1.807, 2.05) is 19.1 Å². The van der Waals surface area contributed by atoms with Crippen LogP contribution >= 0.6 is 0 Å². The van der Waals surface area contributed by atoms with Crippen LogP contribution in [-0.2, 0) is 0 Å². The van der Waals surface area contributed by atoms with Crippen molar-refractivity contribution in [1.82, 2.24) is 0 Å². The van der Waals surface area contributed by atoms with E-state index in [1.165, 1.54) is 0 Å². The molecular weight excluding hydrogens is 188 g/mol. The maximum atomic E-state index is 8.91. The van der Waals surface area contributed by atoms with E-state index >= 15 is 0 Å². The number of benzene rings is 1. The van der Waals surface area contributed by atoms with E-state index in [-0.39, 0.29) is 12.6 Å². The first-order chi connectivity index (χ1) is 7.19. The highest BCUT2D eigenvalue weighted by atomic mass is 16.3. The molecule has 3 heteroatoms. The van der Waals surface area contributed by atoms with Gasteiger partial charge >= 0.3 is 0 Å². The van der Waals surface area contributed by atoms with Crippen molar-refractivity contribution >= 4 is 5.69 Å². The Hall–Kier alpha value is -1.06. The molecule has 1 aromatic rings. The Kier molecular flexibility index (Phi) is 4.59. The topological polar surface area (TPSA) is 49.5 Å². The Bertz CT molecular complexity index is 282. The first-order valence-electron chi connectivity index (χ1n) is 5.40. The van der Waals surface area contributed by atoms with Crippen LogP contribution in [0.5, 0.6) is 0 Å². The van der Waals surface area contributed by atoms with Gasteiger partial charge in [0, 0.05) is 24.8 Å². The summed E-state index contributed by atoms with van der Waals surface area (Å²) in [5.74, 6) is 0. The molecule has 0 bridgehead atoms. The van der Waals surface area contributed by atoms with Crippen molar-refractivity contribution in [2.24, 2.45) is 5.73 Å². The molecule has 0 spiro atoms. The molecule has 15 heavy (non-hydrogen) atoms. The second-order valence-electron chi connectivity index (χ2n) is 3.68. The monoisotopic (exact) mass is 208 g/mol. The number of rotatable bonds is 5. The van der Waals surface area contributed by atoms with Gasteiger partial charge in [-0.15, -0.1) is 0 Å². The van der Waals surface area contributed by atoms with E-state index < -0.39 is 0 Å². The second-order valence-corrected chi connectivity index (χ2v) is 3.68. The van der Waals surface area contributed by atoms with Gasteiger partial charge in [0.15, 0.2) is 0 Å². The summed E-state index contributed by atoms with van der Waals surface area (Å²) in [7, 11) is 0. The summed E-state index contributed by atoms with van der Waals surface area (Å²) >= 11 is 0. The summed E-state index contributed by atoms with van der Waals surface area (Å²) < 4.78 is 0. The number of hydrogen-bond acceptors (Lipinski definition) is 3. The van der Waals surface area contributed by atoms with Crippen molar-refractivity contribution < 1.29 is 5.11 Å². The zero-order chi connectivity index (χ0) is 11.3. The third-order valence-electron chi connectivity index (χ3n) is 2.54. The van der Waals surface area contributed by atoms with Gasteiger partial charge in [-0.25, -0.2) is 0 Å². The van der Waals surface area contributed by atoms with E-state index in [0.717, 1.165) is 17.8 Å². The molecule has 0 fully saturated rings. The van der Waals surface area contributed by atoms with Crippen LogP contribution in [0.2, 0.25) is 0 Å². The highest BCUT2D eigenvalue weighted by Gasteiger charge is 2.04. The first kappa shape index (κ1) is 12.0. The summed E-state index contributed by atoms with van der Waals surface area (Å²) in [4.78, 5) is 2.13. The van der Waals surface area contributed by atoms with E-state index in [4.69, 9.17) is 10.8 Å². The quantitative estimate of drug-likeness (QED) is 0.771. The zero-order valence-electron chi connectivity index (χ0n) is 9.48. The molecule has 0 saturated carbocycles. The number of nitrogens with two attached hydrogens (primary N) is 1. The fourth-order valence-corrected chi connectivity index (χ4v) is 1.58. The Balaban J connectivity index is 2.77. The lowest BCUT2D eigenvalue weighted by Crippen LogP contribution is -2.26. The van der Waals surface area contributed by atoms with Gasteiger partial charge in [-0.05, 0) is 31.5 Å². The van der Waals surface area contributed by atoms with Gasteiger partial charge in [-0.2, -0.15) is 0 Å². The first-order valence-corrected chi connectivity index (χ1v) is 5.40. The van der Waals surface area contributed by atoms with E-state index in [9.17, 15) is 0 Å². The minimum absolute atomic E-state index is 0.0759. The Morgan fingerprint density at radius 2 is 1.93 bits per heavy atom. The molecule has 1 unspecified atom stereocenters. The van der Waals surface area contributed by atoms with Gasteiger partial charge in [-0.3, -0.25) is 0 Å². The molecule has 0 aromatic heterocycles. The van der Waals surface area contributed by atoms with Crippen LogP contribution in [0.4, 0.5) is 5.69 Å². The number of aliphatic hydroxyl groups is 1. The van der Waals surface area contributed by atoms with Gasteiger partial charge in [-0.1, -0.05) is 12.1 Å². The lowest BCUT2D eigenvalue weighted by molar-refractivity contribution is 0.302. The minimum atomic E-state index is 0.0759. The highest BCUT2D eigenvalue weighted by molar-refractivity contribution is 5.47. The fourth-order valence-electron chi connectivity index (χ4n) is 1.58. The molecular formula is C12H20N2O. The van der Waals surface area contributed by atoms with Gasteiger partial charge in [0.25, 0.3) is 0 Å². The third-order valence-corrected chi connectivity index (χ3v) is 2.54. The minimum Gasteiger partial charge on any atom is -0.395 e. The summed E-state index contributed by atoms with van der Waals surface area (Å²) in [6, 6.07) is 8.27. The number of nitrogens with zero attached hydrogens (tertiary/aromatic N) is 1. The Labute approximate surface area is 91.5 Å². The summed E-state index contributed by atoms with van der Waals surface area (Å²) in [5, 5.41) is 8.91. The molecule has 0 aliphatic carbocycles. The Morgan fingerprint density at radius 3 is 2.33 bits per heavy atom. The van der Waals surface area contributed by atoms with Crippen LogP contribution in [0, 0.1) is 0 Å². The lowest BCUT2D eigenvalue weighted by atomic mass is 10.1. The zero-order valence-corrected chi connectivity index (χ0v) is 9.48. The molecule has 3 N–H and O–H groups in total. The van der Waals surface area contributed by atoms with Crippen molar-refractivity contribution in [2.75, 3.05) is 24.6 Å². The lowest BCUT2D eigenvalue weighted by Gasteiger charge is -2.22. The van der Waals surface area contributed by atoms with Gasteiger partial charge in [0.1, 0.15) is 0 Å². The standard InChI is InChI=1S/C12H20N2O/c1-3-14(8-9-15)12-6-4-11(5-7-12)10(2)13/h4-7,10,15H,3,8-9,13H2,1-2H3. The van der Waals surface area contributed by atoms with Crippen LogP contribution in [0.1, 0.15) is 25.5 Å². The second kappa shape index (κ2) is 5.73. The van der Waals surface area contributed by atoms with E-state index in [0.29, 0.717) is 6.54 Å². The van der Waals surface area contributed by atoms with Crippen LogP contribution in [-0.4, -0.2) is 24.8 Å². The molecule has 0 aliphatic heterocycles. The third kappa shape index (κ3) is 3.22. The fraction of sp³-hybridized carbons (Fsp3) is 0.500. The highest BCUT2D eigenvalue weighted by Crippen LogP contribution is 2.17. The van der Waals surface area contributed by atoms with Crippen molar-refractivity contribution in [2.45, 2.75) is 19.9 Å². The molecule has 1 atom stereocenters. The van der Waals surface area contributed by atoms with Crippen LogP contribution in [0.25, 0.3) is 0 Å². The summed E-state index contributed by atoms with van der Waals surface area (Å²) in [6.45, 7) is 5.81. The molecule has 1 rings (SSSR count). The molecule has 0 radical (unpaired) electrons. The average Bonchev–Trinajstić information content (AvgIpc) is 2.26. The van der Waals surface area contributed by atoms with Crippen molar-refractivity contribution in [3.63, 3.8) is 0 Å². The largest absolute Gasteiger partial charge is 0.395 e. The molecule has 0 heterocycles. The normalized spacial score (nSPS) is 12.5. The van der Waals surface area contributed by atoms with Crippen molar-refractivity contribution in [3.05, 3.63) is 29.8 Å². The number of aliphatic hydroxyl groups excluding tert-OH is 1. The molecule has 0 aliphatic rings. The van der Waals surface area contributed by atoms with Crippen molar-refractivity contribution in [1.29, 1.82) is 0 Å². The molecule has 84 valence electrons. The average molecular weight is 208 g/mol. The summed E-state index contributed by atoms with van der Waals surface area (Å²) in [5.41, 5.74) is 8.05. The van der Waals surface area contributed by atoms with E-state index in [2.05, 4.69) is 24.0 Å². The molecule has 1 aromatic carbocycles. The van der Waals surface area contributed by atoms with Crippen LogP contribution < -0.4 is 10.6 Å². The molecule has 3 nitrogen and oxygen atoms in total. The van der Waals surface area contributed by atoms with Gasteiger partial charge in [0.05, 0.1) is 6.61 Å². The van der Waals surface area contributed by atoms with Crippen LogP contribution in [0.15, 0.2) is 24.3 Å². The number of likely N-dealkylation sites (N-methyl/N-ethyl adjacent to an activating group) is 1. The van der Waals surface area contributed by atoms with Gasteiger partial charge in [0.2, 0.25) is 0 Å². The number of anilines is 1. The van der Waals surface area contributed by atoms with E-state index in [1.54, 1.807) is 0 Å². The summed E-state index contributed by atoms with van der Waals surface area (Å²) in [6.07, 6.45) is 0. The maximum absolute atomic E-state index is 8.91. The smallest absolute Gasteiger partial charge is 0.0606 e. The SMILES string of the molecule is CCN(CCO)c1ccc(C(C)N)cc1. The maximum Gasteiger partial charge on any atom is 0.0606 e. The molecule has 0 amide bonds. The predicted octanol–water partition coefficient (Wildman–Crippen LogP) is 1.52. The van der Waals surface area contributed by atoms with Crippen molar-refractivity contribution in [3.8, 4) is 0 Å².